The molecule has 0 bridgehead atoms. The van der Waals surface area contributed by atoms with Gasteiger partial charge in [0.15, 0.2) is 17.2 Å². The molecule has 4 aromatic rings. The summed E-state index contributed by atoms with van der Waals surface area (Å²) in [5, 5.41) is 11.3. The molecule has 220 valence electrons. The lowest BCUT2D eigenvalue weighted by Gasteiger charge is -2.25. The average Bonchev–Trinajstić information content (AvgIpc) is 3.55. The van der Waals surface area contributed by atoms with Crippen molar-refractivity contribution in [2.24, 2.45) is 11.1 Å². The van der Waals surface area contributed by atoms with Crippen molar-refractivity contribution in [1.29, 1.82) is 0 Å². The van der Waals surface area contributed by atoms with Gasteiger partial charge < -0.3 is 16.0 Å². The van der Waals surface area contributed by atoms with Crippen LogP contribution in [-0.4, -0.2) is 50.8 Å². The topological polar surface area (TPSA) is 111 Å². The highest BCUT2D eigenvalue weighted by atomic mass is 19.4. The largest absolute Gasteiger partial charge is 0.413 e. The number of nitrogens with one attached hydrogen (secondary N) is 1. The number of para-hydroxylation sites is 1. The Bertz CT molecular complexity index is 1770. The van der Waals surface area contributed by atoms with Gasteiger partial charge in [0.25, 0.3) is 11.5 Å². The number of rotatable bonds is 5. The van der Waals surface area contributed by atoms with Gasteiger partial charge in [-0.2, -0.15) is 28.1 Å². The molecule has 1 atom stereocenters. The minimum absolute atomic E-state index is 0.0883. The van der Waals surface area contributed by atoms with Crippen LogP contribution in [0.25, 0.3) is 16.6 Å². The molecule has 1 saturated heterocycles. The SMILES string of the molecule is CC1(C)CN(c2c(NC(=O)c3ccc(=O)n(-c4c(F)cccc4F)n3)ccc3nn(C4(C(F)(F)F)CC4)cc23)C[C@@H]1N. The van der Waals surface area contributed by atoms with Crippen LogP contribution < -0.4 is 21.5 Å². The molecule has 1 amide bonds. The first-order valence-corrected chi connectivity index (χ1v) is 13.2. The predicted molar refractivity (Wildman–Crippen MR) is 145 cm³/mol. The molecule has 42 heavy (non-hydrogen) atoms. The summed E-state index contributed by atoms with van der Waals surface area (Å²) in [5.41, 5.74) is 3.00. The number of carbonyl (C=O) groups excluding carboxylic acids is 1. The van der Waals surface area contributed by atoms with Crippen LogP contribution in [0.3, 0.4) is 0 Å². The maximum atomic E-state index is 14.4. The van der Waals surface area contributed by atoms with E-state index in [0.717, 1.165) is 35.0 Å². The van der Waals surface area contributed by atoms with E-state index in [0.29, 0.717) is 34.4 Å². The Hall–Kier alpha value is -4.33. The van der Waals surface area contributed by atoms with E-state index in [-0.39, 0.29) is 35.7 Å². The standard InChI is InChI=1S/C28H26F5N7O2/c1-26(2)14-38(13-21(26)34)23-15-12-39(27(10-11-27)28(31,32)33)36-18(15)6-7-19(23)35-25(42)20-8-9-22(41)40(37-20)24-16(29)4-3-5-17(24)30/h3-9,12,21H,10-11,13-14,34H2,1-2H3,(H,35,42)/t21-/m0/s1. The number of anilines is 2. The van der Waals surface area contributed by atoms with Crippen molar-refractivity contribution in [1.82, 2.24) is 19.6 Å². The Balaban J connectivity index is 1.43. The molecule has 2 fully saturated rings. The molecule has 0 spiro atoms. The Kier molecular flexibility index (Phi) is 6.19. The number of alkyl halides is 3. The molecule has 2 aromatic heterocycles. The second-order valence-electron chi connectivity index (χ2n) is 11.5. The summed E-state index contributed by atoms with van der Waals surface area (Å²) >= 11 is 0. The molecular weight excluding hydrogens is 561 g/mol. The second-order valence-corrected chi connectivity index (χ2v) is 11.5. The summed E-state index contributed by atoms with van der Waals surface area (Å²) in [5.74, 6) is -2.91. The maximum absolute atomic E-state index is 14.4. The van der Waals surface area contributed by atoms with Crippen molar-refractivity contribution in [2.75, 3.05) is 23.3 Å². The smallest absolute Gasteiger partial charge is 0.367 e. The quantitative estimate of drug-likeness (QED) is 0.336. The number of nitrogens with zero attached hydrogens (tertiary/aromatic N) is 5. The molecule has 1 aliphatic carbocycles. The zero-order chi connectivity index (χ0) is 30.2. The molecule has 3 heterocycles. The average molecular weight is 588 g/mol. The van der Waals surface area contributed by atoms with Gasteiger partial charge >= 0.3 is 6.18 Å². The number of nitrogens with two attached hydrogens (primary N) is 1. The van der Waals surface area contributed by atoms with Crippen LogP contribution in [0.2, 0.25) is 0 Å². The fraction of sp³-hybridized carbons (Fsp3) is 0.357. The monoisotopic (exact) mass is 587 g/mol. The van der Waals surface area contributed by atoms with Crippen LogP contribution in [0.1, 0.15) is 37.2 Å². The number of benzene rings is 2. The van der Waals surface area contributed by atoms with E-state index in [1.165, 1.54) is 18.3 Å². The molecule has 0 unspecified atom stereocenters. The van der Waals surface area contributed by atoms with E-state index >= 15 is 0 Å². The molecule has 3 N–H and O–H groups in total. The molecule has 1 aliphatic heterocycles. The van der Waals surface area contributed by atoms with E-state index < -0.39 is 40.5 Å². The molecule has 6 rings (SSSR count). The number of carbonyl (C=O) groups is 1. The highest BCUT2D eigenvalue weighted by Gasteiger charge is 2.65. The fourth-order valence-electron chi connectivity index (χ4n) is 5.40. The van der Waals surface area contributed by atoms with Crippen LogP contribution in [0.5, 0.6) is 0 Å². The molecule has 9 nitrogen and oxygen atoms in total. The van der Waals surface area contributed by atoms with Gasteiger partial charge in [0.05, 0.1) is 16.9 Å². The Labute approximate surface area is 235 Å². The Morgan fingerprint density at radius 3 is 2.31 bits per heavy atom. The van der Waals surface area contributed by atoms with Crippen molar-refractivity contribution in [3.05, 3.63) is 76.3 Å². The van der Waals surface area contributed by atoms with Gasteiger partial charge in [0.1, 0.15) is 11.4 Å². The summed E-state index contributed by atoms with van der Waals surface area (Å²) in [6.45, 7) is 4.75. The van der Waals surface area contributed by atoms with Crippen molar-refractivity contribution >= 4 is 28.2 Å². The number of aromatic nitrogens is 4. The predicted octanol–water partition coefficient (Wildman–Crippen LogP) is 4.34. The van der Waals surface area contributed by atoms with E-state index in [9.17, 15) is 31.5 Å². The first-order valence-electron chi connectivity index (χ1n) is 13.2. The molecule has 2 aromatic carbocycles. The van der Waals surface area contributed by atoms with Crippen molar-refractivity contribution < 1.29 is 26.7 Å². The van der Waals surface area contributed by atoms with Gasteiger partial charge in [0, 0.05) is 36.8 Å². The number of halogens is 5. The first-order chi connectivity index (χ1) is 19.7. The van der Waals surface area contributed by atoms with Gasteiger partial charge in [-0.3, -0.25) is 14.3 Å². The summed E-state index contributed by atoms with van der Waals surface area (Å²) in [4.78, 5) is 27.7. The van der Waals surface area contributed by atoms with Crippen LogP contribution in [0.15, 0.2) is 53.5 Å². The highest BCUT2D eigenvalue weighted by Crippen LogP contribution is 2.55. The zero-order valence-electron chi connectivity index (χ0n) is 22.5. The van der Waals surface area contributed by atoms with Crippen molar-refractivity contribution in [3.8, 4) is 5.69 Å². The van der Waals surface area contributed by atoms with Gasteiger partial charge in [-0.1, -0.05) is 19.9 Å². The van der Waals surface area contributed by atoms with E-state index in [4.69, 9.17) is 5.73 Å². The third kappa shape index (κ3) is 4.40. The first kappa shape index (κ1) is 27.8. The third-order valence-electron chi connectivity index (χ3n) is 8.12. The minimum atomic E-state index is -4.49. The molecule has 1 saturated carbocycles. The van der Waals surface area contributed by atoms with Crippen molar-refractivity contribution in [2.45, 2.75) is 44.4 Å². The highest BCUT2D eigenvalue weighted by molar-refractivity contribution is 6.08. The normalized spacial score (nSPS) is 19.3. The summed E-state index contributed by atoms with van der Waals surface area (Å²) < 4.78 is 71.9. The number of amides is 1. The molecule has 2 aliphatic rings. The summed E-state index contributed by atoms with van der Waals surface area (Å²) in [6, 6.07) is 7.85. The lowest BCUT2D eigenvalue weighted by atomic mass is 9.89. The van der Waals surface area contributed by atoms with Crippen molar-refractivity contribution in [3.63, 3.8) is 0 Å². The maximum Gasteiger partial charge on any atom is 0.413 e. The zero-order valence-corrected chi connectivity index (χ0v) is 22.5. The van der Waals surface area contributed by atoms with Gasteiger partial charge in [-0.15, -0.1) is 0 Å². The third-order valence-corrected chi connectivity index (χ3v) is 8.12. The van der Waals surface area contributed by atoms with Gasteiger partial charge in [0.2, 0.25) is 0 Å². The Morgan fingerprint density at radius 2 is 1.71 bits per heavy atom. The minimum Gasteiger partial charge on any atom is -0.367 e. The van der Waals surface area contributed by atoms with Crippen LogP contribution in [0.4, 0.5) is 33.3 Å². The van der Waals surface area contributed by atoms with Crippen LogP contribution in [-0.2, 0) is 5.54 Å². The van der Waals surface area contributed by atoms with Gasteiger partial charge in [-0.25, -0.2) is 8.78 Å². The summed E-state index contributed by atoms with van der Waals surface area (Å²) in [7, 11) is 0. The Morgan fingerprint density at radius 1 is 1.02 bits per heavy atom. The number of hydrogen-bond acceptors (Lipinski definition) is 6. The molecular formula is C28H26F5N7O2. The second kappa shape index (κ2) is 9.34. The van der Waals surface area contributed by atoms with E-state index in [1.807, 2.05) is 18.7 Å². The molecule has 0 radical (unpaired) electrons. The summed E-state index contributed by atoms with van der Waals surface area (Å²) in [6.07, 6.45) is -3.32. The van der Waals surface area contributed by atoms with Gasteiger partial charge in [-0.05, 0) is 48.6 Å². The molecule has 14 heteroatoms. The number of hydrogen-bond donors (Lipinski definition) is 2. The van der Waals surface area contributed by atoms with E-state index in [1.54, 1.807) is 0 Å². The van der Waals surface area contributed by atoms with Crippen LogP contribution in [0, 0.1) is 17.0 Å². The van der Waals surface area contributed by atoms with E-state index in [2.05, 4.69) is 15.5 Å². The lowest BCUT2D eigenvalue weighted by molar-refractivity contribution is -0.182. The number of fused-ring (bicyclic) bond motifs is 1. The van der Waals surface area contributed by atoms with Crippen LogP contribution >= 0.6 is 0 Å². The lowest BCUT2D eigenvalue weighted by Crippen LogP contribution is -2.35. The fourth-order valence-corrected chi connectivity index (χ4v) is 5.40.